The molecular weight excluding hydrogens is 711 g/mol. The summed E-state index contributed by atoms with van der Waals surface area (Å²) >= 11 is 0. The van der Waals surface area contributed by atoms with Crippen LogP contribution in [0.25, 0.3) is 11.1 Å². The number of hydrogen-bond acceptors (Lipinski definition) is 10. The predicted octanol–water partition coefficient (Wildman–Crippen LogP) is 6.41. The topological polar surface area (TPSA) is 139 Å². The maximum atomic E-state index is 13.2. The Bertz CT molecular complexity index is 2230. The highest BCUT2D eigenvalue weighted by Crippen LogP contribution is 2.33. The number of imide groups is 2. The van der Waals surface area contributed by atoms with Gasteiger partial charge in [-0.05, 0) is 78.2 Å². The zero-order valence-electron chi connectivity index (χ0n) is 31.2. The number of nitrogens with zero attached hydrogens (tertiary/aromatic N) is 3. The van der Waals surface area contributed by atoms with Gasteiger partial charge < -0.3 is 24.8 Å². The van der Waals surface area contributed by atoms with Gasteiger partial charge in [0, 0.05) is 37.8 Å². The molecule has 7 rings (SSSR count). The summed E-state index contributed by atoms with van der Waals surface area (Å²) in [7, 11) is 4.78. The number of pyridine rings is 1. The molecule has 0 spiro atoms. The Balaban J connectivity index is 0.000000190. The van der Waals surface area contributed by atoms with Gasteiger partial charge in [0.2, 0.25) is 0 Å². The molecular formula is C44H41N5O7. The van der Waals surface area contributed by atoms with Gasteiger partial charge in [-0.15, -0.1) is 0 Å². The van der Waals surface area contributed by atoms with Crippen molar-refractivity contribution in [3.8, 4) is 11.5 Å². The minimum atomic E-state index is -0.379. The highest BCUT2D eigenvalue weighted by molar-refractivity contribution is 6.37. The van der Waals surface area contributed by atoms with Gasteiger partial charge in [0.1, 0.15) is 22.9 Å². The largest absolute Gasteiger partial charge is 0.497 e. The molecule has 4 aromatic carbocycles. The van der Waals surface area contributed by atoms with Gasteiger partial charge in [0.25, 0.3) is 23.6 Å². The van der Waals surface area contributed by atoms with E-state index in [1.165, 1.54) is 9.80 Å². The molecule has 284 valence electrons. The second-order valence-corrected chi connectivity index (χ2v) is 12.6. The molecule has 3 heterocycles. The lowest BCUT2D eigenvalue weighted by molar-refractivity contribution is -0.138. The van der Waals surface area contributed by atoms with E-state index < -0.39 is 0 Å². The second-order valence-electron chi connectivity index (χ2n) is 12.6. The Labute approximate surface area is 325 Å². The van der Waals surface area contributed by atoms with Crippen LogP contribution in [0.4, 0.5) is 11.4 Å². The van der Waals surface area contributed by atoms with Crippen molar-refractivity contribution < 1.29 is 33.4 Å². The summed E-state index contributed by atoms with van der Waals surface area (Å²) in [5.41, 5.74) is 4.71. The molecule has 12 nitrogen and oxygen atoms in total. The van der Waals surface area contributed by atoms with Gasteiger partial charge in [-0.3, -0.25) is 34.0 Å². The molecule has 2 aliphatic heterocycles. The molecule has 0 saturated heterocycles. The maximum absolute atomic E-state index is 13.2. The molecule has 0 saturated carbocycles. The lowest BCUT2D eigenvalue weighted by Gasteiger charge is -2.15. The van der Waals surface area contributed by atoms with Crippen molar-refractivity contribution in [2.45, 2.75) is 13.0 Å². The summed E-state index contributed by atoms with van der Waals surface area (Å²) < 4.78 is 15.4. The lowest BCUT2D eigenvalue weighted by atomic mass is 10.0. The standard InChI is InChI=1S/C23H19N3O3.C21H22N2O4/c1-29-19-12-10-17(11-13-19)25-21-20(16-7-3-2-4-8-16)22(27)26(23(21)28)15-18-9-5-6-14-24-18;1-26-14-6-13-23-20(24)18(15-7-4-3-5-8-15)19(21(23)25)22-16-9-11-17(27-2)12-10-16/h2-14,25H,15H2,1H3;3-5,7-12,22H,6,13-14H2,1-2H3. The van der Waals surface area contributed by atoms with Crippen LogP contribution in [-0.2, 0) is 30.5 Å². The number of aromatic nitrogens is 1. The van der Waals surface area contributed by atoms with Gasteiger partial charge >= 0.3 is 0 Å². The van der Waals surface area contributed by atoms with Crippen molar-refractivity contribution in [2.24, 2.45) is 0 Å². The average Bonchev–Trinajstić information content (AvgIpc) is 3.61. The number of benzene rings is 4. The number of carbonyl (C=O) groups is 4. The van der Waals surface area contributed by atoms with Crippen LogP contribution in [0.3, 0.4) is 0 Å². The van der Waals surface area contributed by atoms with Gasteiger partial charge in [-0.2, -0.15) is 0 Å². The summed E-state index contributed by atoms with van der Waals surface area (Å²) in [5, 5.41) is 6.25. The van der Waals surface area contributed by atoms with Gasteiger partial charge in [-0.25, -0.2) is 0 Å². The number of amides is 4. The Hall–Kier alpha value is -7.05. The average molecular weight is 752 g/mol. The summed E-state index contributed by atoms with van der Waals surface area (Å²) in [5.74, 6) is 0.0773. The summed E-state index contributed by atoms with van der Waals surface area (Å²) in [6.45, 7) is 0.914. The van der Waals surface area contributed by atoms with E-state index in [0.717, 1.165) is 0 Å². The number of ether oxygens (including phenoxy) is 3. The maximum Gasteiger partial charge on any atom is 0.278 e. The quantitative estimate of drug-likeness (QED) is 0.0968. The van der Waals surface area contributed by atoms with Crippen molar-refractivity contribution in [1.29, 1.82) is 0 Å². The van der Waals surface area contributed by atoms with E-state index in [4.69, 9.17) is 14.2 Å². The molecule has 0 fully saturated rings. The van der Waals surface area contributed by atoms with Crippen molar-refractivity contribution >= 4 is 46.1 Å². The van der Waals surface area contributed by atoms with Crippen molar-refractivity contribution in [1.82, 2.24) is 14.8 Å². The van der Waals surface area contributed by atoms with Gasteiger partial charge in [0.05, 0.1) is 37.6 Å². The first-order valence-corrected chi connectivity index (χ1v) is 17.9. The first-order chi connectivity index (χ1) is 27.3. The van der Waals surface area contributed by atoms with Gasteiger partial charge in [-0.1, -0.05) is 66.7 Å². The highest BCUT2D eigenvalue weighted by Gasteiger charge is 2.40. The molecule has 4 amide bonds. The van der Waals surface area contributed by atoms with E-state index in [-0.39, 0.29) is 41.6 Å². The van der Waals surface area contributed by atoms with Crippen LogP contribution in [-0.4, -0.2) is 72.9 Å². The fraction of sp³-hybridized carbons (Fsp3) is 0.159. The highest BCUT2D eigenvalue weighted by atomic mass is 16.5. The number of anilines is 2. The third kappa shape index (κ3) is 8.83. The SMILES string of the molecule is COCCCN1C(=O)C(Nc2ccc(OC)cc2)=C(c2ccccc2)C1=O.COc1ccc(NC2=C(c3ccccc3)C(=O)N(Cc3ccccn3)C2=O)cc1. The normalized spacial score (nSPS) is 13.9. The lowest BCUT2D eigenvalue weighted by Crippen LogP contribution is -2.33. The van der Waals surface area contributed by atoms with Crippen LogP contribution in [0, 0.1) is 0 Å². The zero-order chi connectivity index (χ0) is 39.4. The second kappa shape index (κ2) is 18.3. The molecule has 12 heteroatoms. The molecule has 5 aromatic rings. The Morgan fingerprint density at radius 1 is 0.536 bits per heavy atom. The van der Waals surface area contributed by atoms with E-state index in [1.54, 1.807) is 88.2 Å². The van der Waals surface area contributed by atoms with E-state index in [9.17, 15) is 19.2 Å². The first kappa shape index (κ1) is 38.7. The van der Waals surface area contributed by atoms with E-state index in [0.29, 0.717) is 70.4 Å². The van der Waals surface area contributed by atoms with E-state index in [1.807, 2.05) is 66.7 Å². The summed E-state index contributed by atoms with van der Waals surface area (Å²) in [6, 6.07) is 38.2. The number of rotatable bonds is 14. The fourth-order valence-electron chi connectivity index (χ4n) is 6.13. The van der Waals surface area contributed by atoms with E-state index in [2.05, 4.69) is 15.6 Å². The molecule has 1 aromatic heterocycles. The smallest absolute Gasteiger partial charge is 0.278 e. The fourth-order valence-corrected chi connectivity index (χ4v) is 6.13. The van der Waals surface area contributed by atoms with Crippen LogP contribution in [0.15, 0.2) is 145 Å². The van der Waals surface area contributed by atoms with Crippen molar-refractivity contribution in [3.05, 3.63) is 162 Å². The van der Waals surface area contributed by atoms with Crippen LogP contribution >= 0.6 is 0 Å². The van der Waals surface area contributed by atoms with Crippen LogP contribution in [0.1, 0.15) is 23.2 Å². The minimum Gasteiger partial charge on any atom is -0.497 e. The Morgan fingerprint density at radius 2 is 1.00 bits per heavy atom. The van der Waals surface area contributed by atoms with Crippen LogP contribution < -0.4 is 20.1 Å². The molecule has 0 aliphatic carbocycles. The van der Waals surface area contributed by atoms with Crippen LogP contribution in [0.2, 0.25) is 0 Å². The molecule has 0 bridgehead atoms. The minimum absolute atomic E-state index is 0.114. The summed E-state index contributed by atoms with van der Waals surface area (Å²) in [4.78, 5) is 59.0. The zero-order valence-corrected chi connectivity index (χ0v) is 31.2. The number of hydrogen-bond donors (Lipinski definition) is 2. The first-order valence-electron chi connectivity index (χ1n) is 17.9. The van der Waals surface area contributed by atoms with Crippen molar-refractivity contribution in [3.63, 3.8) is 0 Å². The van der Waals surface area contributed by atoms with Gasteiger partial charge in [0.15, 0.2) is 0 Å². The summed E-state index contributed by atoms with van der Waals surface area (Å²) in [6.07, 6.45) is 2.23. The predicted molar refractivity (Wildman–Crippen MR) is 213 cm³/mol. The molecule has 56 heavy (non-hydrogen) atoms. The van der Waals surface area contributed by atoms with Crippen LogP contribution in [0.5, 0.6) is 11.5 Å². The Kier molecular flexibility index (Phi) is 12.7. The number of nitrogens with one attached hydrogen (secondary N) is 2. The third-order valence-corrected chi connectivity index (χ3v) is 8.96. The van der Waals surface area contributed by atoms with Crippen molar-refractivity contribution in [2.75, 3.05) is 45.1 Å². The molecule has 0 unspecified atom stereocenters. The third-order valence-electron chi connectivity index (χ3n) is 8.96. The monoisotopic (exact) mass is 751 g/mol. The molecule has 2 aliphatic rings. The number of methoxy groups -OCH3 is 3. The number of carbonyl (C=O) groups excluding carboxylic acids is 4. The molecule has 2 N–H and O–H groups in total. The molecule has 0 atom stereocenters. The van der Waals surface area contributed by atoms with E-state index >= 15 is 0 Å². The molecule has 0 radical (unpaired) electrons. The Morgan fingerprint density at radius 3 is 1.45 bits per heavy atom.